The number of alkyl halides is 5. The summed E-state index contributed by atoms with van der Waals surface area (Å²) in [6.45, 7) is 2.11. The lowest BCUT2D eigenvalue weighted by Crippen LogP contribution is -2.41. The minimum atomic E-state index is -4.37. The van der Waals surface area contributed by atoms with Crippen LogP contribution in [0.3, 0.4) is 0 Å². The molecule has 1 nitrogen and oxygen atoms in total. The van der Waals surface area contributed by atoms with E-state index in [1.807, 2.05) is 6.08 Å². The summed E-state index contributed by atoms with van der Waals surface area (Å²) in [6.07, 6.45) is 1.55. The predicted octanol–water partition coefficient (Wildman–Crippen LogP) is 4.83. The van der Waals surface area contributed by atoms with Crippen LogP contribution in [-0.4, -0.2) is 29.1 Å². The molecule has 2 aliphatic rings. The zero-order valence-corrected chi connectivity index (χ0v) is 12.6. The van der Waals surface area contributed by atoms with Crippen LogP contribution in [0.4, 0.5) is 13.2 Å². The zero-order valence-electron chi connectivity index (χ0n) is 11.0. The fourth-order valence-corrected chi connectivity index (χ4v) is 3.34. The van der Waals surface area contributed by atoms with Crippen molar-refractivity contribution in [2.75, 3.05) is 0 Å². The van der Waals surface area contributed by atoms with Crippen LogP contribution >= 0.6 is 23.2 Å². The zero-order chi connectivity index (χ0) is 14.9. The number of hydrogen-bond donors (Lipinski definition) is 0. The number of rotatable bonds is 2. The molecule has 0 N–H and O–H groups in total. The number of halogens is 5. The van der Waals surface area contributed by atoms with Crippen LogP contribution in [0.1, 0.15) is 26.2 Å². The van der Waals surface area contributed by atoms with Crippen LogP contribution in [0.15, 0.2) is 23.8 Å². The van der Waals surface area contributed by atoms with Gasteiger partial charge in [-0.2, -0.15) is 13.2 Å². The van der Waals surface area contributed by atoms with Crippen molar-refractivity contribution in [1.82, 2.24) is 0 Å². The maximum atomic E-state index is 12.7. The first-order chi connectivity index (χ1) is 9.27. The molecule has 114 valence electrons. The largest absolute Gasteiger partial charge is 0.412 e. The molecule has 0 heterocycles. The van der Waals surface area contributed by atoms with Gasteiger partial charge in [0.05, 0.1) is 23.0 Å². The lowest BCUT2D eigenvalue weighted by Gasteiger charge is -2.34. The summed E-state index contributed by atoms with van der Waals surface area (Å²) in [5, 5.41) is -1.61. The summed E-state index contributed by atoms with van der Waals surface area (Å²) in [6, 6.07) is 0. The molecule has 0 fully saturated rings. The third-order valence-electron chi connectivity index (χ3n) is 3.70. The minimum Gasteiger partial charge on any atom is -0.368 e. The second-order valence-corrected chi connectivity index (χ2v) is 6.50. The van der Waals surface area contributed by atoms with Crippen molar-refractivity contribution < 1.29 is 17.9 Å². The Hall–Kier alpha value is -0.190. The highest BCUT2D eigenvalue weighted by atomic mass is 35.5. The van der Waals surface area contributed by atoms with Crippen LogP contribution in [0.25, 0.3) is 0 Å². The van der Waals surface area contributed by atoms with Crippen molar-refractivity contribution in [1.29, 1.82) is 0 Å². The Balaban J connectivity index is 2.03. The van der Waals surface area contributed by atoms with Crippen LogP contribution in [0.2, 0.25) is 0 Å². The summed E-state index contributed by atoms with van der Waals surface area (Å²) in [5.41, 5.74) is -0.662. The molecule has 20 heavy (non-hydrogen) atoms. The maximum absolute atomic E-state index is 12.7. The van der Waals surface area contributed by atoms with E-state index in [2.05, 4.69) is 13.0 Å². The third kappa shape index (κ3) is 3.92. The molecule has 6 heteroatoms. The van der Waals surface area contributed by atoms with Crippen molar-refractivity contribution in [3.63, 3.8) is 0 Å². The van der Waals surface area contributed by atoms with Gasteiger partial charge in [0, 0.05) is 5.57 Å². The SMILES string of the molecule is CC1C=CC(OC2C(Cl)C=C(C(F)(F)F)CC2Cl)CC1. The first-order valence-electron chi connectivity index (χ1n) is 6.67. The van der Waals surface area contributed by atoms with Crippen LogP contribution in [-0.2, 0) is 4.74 Å². The molecule has 0 amide bonds. The maximum Gasteiger partial charge on any atom is 0.412 e. The van der Waals surface area contributed by atoms with E-state index in [-0.39, 0.29) is 12.5 Å². The number of allylic oxidation sites excluding steroid dienone is 2. The summed E-state index contributed by atoms with van der Waals surface area (Å²) in [5.74, 6) is 0.511. The van der Waals surface area contributed by atoms with E-state index in [0.29, 0.717) is 5.92 Å². The van der Waals surface area contributed by atoms with Crippen LogP contribution in [0, 0.1) is 5.92 Å². The summed E-state index contributed by atoms with van der Waals surface area (Å²) < 4.78 is 43.8. The van der Waals surface area contributed by atoms with Gasteiger partial charge in [0.1, 0.15) is 0 Å². The van der Waals surface area contributed by atoms with E-state index in [1.54, 1.807) is 0 Å². The fourth-order valence-electron chi connectivity index (χ4n) is 2.50. The van der Waals surface area contributed by atoms with Gasteiger partial charge in [-0.25, -0.2) is 0 Å². The lowest BCUT2D eigenvalue weighted by molar-refractivity contribution is -0.0977. The van der Waals surface area contributed by atoms with Crippen molar-refractivity contribution in [2.45, 2.75) is 55.3 Å². The van der Waals surface area contributed by atoms with E-state index < -0.39 is 28.6 Å². The van der Waals surface area contributed by atoms with Gasteiger partial charge >= 0.3 is 6.18 Å². The Kier molecular flexibility index (Phi) is 5.09. The molecular formula is C14H17Cl2F3O. The molecule has 2 aliphatic carbocycles. The van der Waals surface area contributed by atoms with Gasteiger partial charge in [0.2, 0.25) is 0 Å². The molecule has 0 bridgehead atoms. The highest BCUT2D eigenvalue weighted by molar-refractivity contribution is 6.25. The standard InChI is InChI=1S/C14H17Cl2F3O/c1-8-2-4-10(5-3-8)20-13-11(15)6-9(7-12(13)16)14(17,18)19/h2,4,6,8,10-13H,3,5,7H2,1H3. The Morgan fingerprint density at radius 1 is 1.20 bits per heavy atom. The van der Waals surface area contributed by atoms with E-state index >= 15 is 0 Å². The van der Waals surface area contributed by atoms with Crippen LogP contribution in [0.5, 0.6) is 0 Å². The van der Waals surface area contributed by atoms with Gasteiger partial charge in [0.25, 0.3) is 0 Å². The van der Waals surface area contributed by atoms with Gasteiger partial charge in [-0.1, -0.05) is 25.2 Å². The van der Waals surface area contributed by atoms with E-state index in [0.717, 1.165) is 18.9 Å². The molecule has 0 saturated carbocycles. The van der Waals surface area contributed by atoms with Gasteiger partial charge in [-0.15, -0.1) is 23.2 Å². The smallest absolute Gasteiger partial charge is 0.368 e. The highest BCUT2D eigenvalue weighted by Crippen LogP contribution is 2.38. The monoisotopic (exact) mass is 328 g/mol. The average Bonchev–Trinajstić information content (AvgIpc) is 2.34. The second-order valence-electron chi connectivity index (χ2n) is 5.43. The van der Waals surface area contributed by atoms with Crippen LogP contribution < -0.4 is 0 Å². The Bertz CT molecular complexity index is 406. The Morgan fingerprint density at radius 3 is 2.40 bits per heavy atom. The molecular weight excluding hydrogens is 312 g/mol. The predicted molar refractivity (Wildman–Crippen MR) is 74.2 cm³/mol. The van der Waals surface area contributed by atoms with E-state index in [4.69, 9.17) is 27.9 Å². The van der Waals surface area contributed by atoms with Crippen molar-refractivity contribution in [3.05, 3.63) is 23.8 Å². The first kappa shape index (κ1) is 16.2. The quantitative estimate of drug-likeness (QED) is 0.521. The average molecular weight is 329 g/mol. The van der Waals surface area contributed by atoms with E-state index in [9.17, 15) is 13.2 Å². The summed E-state index contributed by atoms with van der Waals surface area (Å²) >= 11 is 12.1. The fraction of sp³-hybridized carbons (Fsp3) is 0.714. The molecule has 0 aliphatic heterocycles. The molecule has 0 aromatic carbocycles. The molecule has 0 spiro atoms. The highest BCUT2D eigenvalue weighted by Gasteiger charge is 2.42. The molecule has 0 aromatic rings. The first-order valence-corrected chi connectivity index (χ1v) is 7.54. The molecule has 0 aromatic heterocycles. The number of hydrogen-bond acceptors (Lipinski definition) is 1. The van der Waals surface area contributed by atoms with Crippen molar-refractivity contribution >= 4 is 23.2 Å². The van der Waals surface area contributed by atoms with Crippen molar-refractivity contribution in [2.24, 2.45) is 5.92 Å². The molecule has 0 radical (unpaired) electrons. The Morgan fingerprint density at radius 2 is 1.90 bits per heavy atom. The molecule has 0 saturated heterocycles. The van der Waals surface area contributed by atoms with Gasteiger partial charge in [-0.3, -0.25) is 0 Å². The topological polar surface area (TPSA) is 9.23 Å². The molecule has 2 rings (SSSR count). The second kappa shape index (κ2) is 6.29. The van der Waals surface area contributed by atoms with Crippen molar-refractivity contribution in [3.8, 4) is 0 Å². The molecule has 5 unspecified atom stereocenters. The molecule has 5 atom stereocenters. The summed E-state index contributed by atoms with van der Waals surface area (Å²) in [4.78, 5) is 0. The van der Waals surface area contributed by atoms with E-state index in [1.165, 1.54) is 0 Å². The normalized spacial score (nSPS) is 38.7. The Labute approximate surface area is 126 Å². The third-order valence-corrected chi connectivity index (χ3v) is 4.48. The summed E-state index contributed by atoms with van der Waals surface area (Å²) in [7, 11) is 0. The lowest BCUT2D eigenvalue weighted by atomic mass is 9.93. The number of ether oxygens (including phenoxy) is 1. The van der Waals surface area contributed by atoms with Gasteiger partial charge in [-0.05, 0) is 25.2 Å². The minimum absolute atomic E-state index is 0.112. The van der Waals surface area contributed by atoms with Gasteiger partial charge < -0.3 is 4.74 Å². The van der Waals surface area contributed by atoms with Gasteiger partial charge in [0.15, 0.2) is 0 Å².